The fraction of sp³-hybridized carbons (Fsp3) is 0.462. The number of fused-ring (bicyclic) bond motifs is 1. The first-order valence-electron chi connectivity index (χ1n) is 11.9. The Morgan fingerprint density at radius 3 is 2.39 bits per heavy atom. The van der Waals surface area contributed by atoms with Crippen LogP contribution in [0.1, 0.15) is 45.7 Å². The zero-order valence-electron chi connectivity index (χ0n) is 21.7. The number of amides is 2. The molecule has 2 amide bonds. The SMILES string of the molecule is CCS(=O)(=O)N(CC(=O)N(Cc1ccccc1C)[C@H](C)C(=O)NC(C)(C)C)c1ccc2c(c1)OCO2. The quantitative estimate of drug-likeness (QED) is 0.548. The molecular weight excluding hydrogens is 482 g/mol. The maximum Gasteiger partial charge on any atom is 0.244 e. The van der Waals surface area contributed by atoms with E-state index in [4.69, 9.17) is 9.47 Å². The van der Waals surface area contributed by atoms with Crippen LogP contribution < -0.4 is 19.1 Å². The zero-order chi connectivity index (χ0) is 26.7. The third kappa shape index (κ3) is 6.48. The van der Waals surface area contributed by atoms with Crippen molar-refractivity contribution >= 4 is 27.5 Å². The standard InChI is InChI=1S/C26H35N3O6S/c1-7-36(32,33)29(21-12-13-22-23(14-21)35-17-34-22)16-24(30)28(15-20-11-9-8-10-18(20)2)19(3)25(31)27-26(4,5)6/h8-14,19H,7,15-17H2,1-6H3,(H,27,31)/t19-/m1/s1. The van der Waals surface area contributed by atoms with Crippen molar-refractivity contribution in [1.82, 2.24) is 10.2 Å². The highest BCUT2D eigenvalue weighted by Crippen LogP contribution is 2.36. The Bertz CT molecular complexity index is 1220. The van der Waals surface area contributed by atoms with Gasteiger partial charge in [-0.15, -0.1) is 0 Å². The third-order valence-electron chi connectivity index (χ3n) is 5.89. The summed E-state index contributed by atoms with van der Waals surface area (Å²) in [5.74, 6) is -0.104. The van der Waals surface area contributed by atoms with Crippen LogP contribution in [0.5, 0.6) is 11.5 Å². The van der Waals surface area contributed by atoms with Gasteiger partial charge in [-0.2, -0.15) is 0 Å². The number of hydrogen-bond acceptors (Lipinski definition) is 6. The van der Waals surface area contributed by atoms with Crippen molar-refractivity contribution in [2.45, 2.75) is 59.7 Å². The molecule has 1 aliphatic rings. The fourth-order valence-corrected chi connectivity index (χ4v) is 4.84. The molecule has 1 N–H and O–H groups in total. The van der Waals surface area contributed by atoms with Gasteiger partial charge in [0.25, 0.3) is 0 Å². The van der Waals surface area contributed by atoms with E-state index in [0.29, 0.717) is 11.5 Å². The monoisotopic (exact) mass is 517 g/mol. The van der Waals surface area contributed by atoms with Gasteiger partial charge >= 0.3 is 0 Å². The van der Waals surface area contributed by atoms with E-state index in [-0.39, 0.29) is 30.7 Å². The minimum Gasteiger partial charge on any atom is -0.454 e. The number of rotatable bonds is 9. The Balaban J connectivity index is 1.96. The van der Waals surface area contributed by atoms with Gasteiger partial charge in [-0.05, 0) is 64.8 Å². The summed E-state index contributed by atoms with van der Waals surface area (Å²) in [6.45, 7) is 10.4. The molecule has 0 unspecified atom stereocenters. The van der Waals surface area contributed by atoms with E-state index in [1.54, 1.807) is 25.1 Å². The van der Waals surface area contributed by atoms with Crippen molar-refractivity contribution in [2.75, 3.05) is 23.4 Å². The van der Waals surface area contributed by atoms with E-state index >= 15 is 0 Å². The summed E-state index contributed by atoms with van der Waals surface area (Å²) < 4.78 is 37.9. The van der Waals surface area contributed by atoms with Crippen LogP contribution in [0.15, 0.2) is 42.5 Å². The molecule has 0 spiro atoms. The number of sulfonamides is 1. The third-order valence-corrected chi connectivity index (χ3v) is 7.63. The largest absolute Gasteiger partial charge is 0.454 e. The molecular formula is C26H35N3O6S. The van der Waals surface area contributed by atoms with Crippen LogP contribution >= 0.6 is 0 Å². The van der Waals surface area contributed by atoms with E-state index < -0.39 is 34.1 Å². The first-order valence-corrected chi connectivity index (χ1v) is 13.5. The number of benzene rings is 2. The number of nitrogens with zero attached hydrogens (tertiary/aromatic N) is 2. The maximum atomic E-state index is 13.7. The minimum absolute atomic E-state index is 0.0445. The van der Waals surface area contributed by atoms with Crippen LogP contribution in [-0.4, -0.2) is 55.8 Å². The van der Waals surface area contributed by atoms with Crippen molar-refractivity contribution in [2.24, 2.45) is 0 Å². The average molecular weight is 518 g/mol. The van der Waals surface area contributed by atoms with Gasteiger partial charge in [0, 0.05) is 18.2 Å². The van der Waals surface area contributed by atoms with Crippen LogP contribution in [-0.2, 0) is 26.2 Å². The van der Waals surface area contributed by atoms with Gasteiger partial charge in [0.1, 0.15) is 12.6 Å². The lowest BCUT2D eigenvalue weighted by atomic mass is 10.1. The number of ether oxygens (including phenoxy) is 2. The predicted molar refractivity (Wildman–Crippen MR) is 138 cm³/mol. The van der Waals surface area contributed by atoms with Crippen molar-refractivity contribution in [3.05, 3.63) is 53.6 Å². The smallest absolute Gasteiger partial charge is 0.244 e. The summed E-state index contributed by atoms with van der Waals surface area (Å²) in [7, 11) is -3.83. The zero-order valence-corrected chi connectivity index (χ0v) is 22.5. The van der Waals surface area contributed by atoms with Gasteiger partial charge in [-0.25, -0.2) is 8.42 Å². The topological polar surface area (TPSA) is 105 Å². The highest BCUT2D eigenvalue weighted by Gasteiger charge is 2.32. The van der Waals surface area contributed by atoms with Crippen LogP contribution in [0, 0.1) is 6.92 Å². The Morgan fingerprint density at radius 2 is 1.75 bits per heavy atom. The van der Waals surface area contributed by atoms with Crippen LogP contribution in [0.25, 0.3) is 0 Å². The molecule has 1 aliphatic heterocycles. The Hall–Kier alpha value is -3.27. The van der Waals surface area contributed by atoms with Crippen LogP contribution in [0.2, 0.25) is 0 Å². The molecule has 1 atom stereocenters. The van der Waals surface area contributed by atoms with Crippen molar-refractivity contribution in [3.8, 4) is 11.5 Å². The van der Waals surface area contributed by atoms with Gasteiger partial charge in [0.2, 0.25) is 28.6 Å². The molecule has 0 bridgehead atoms. The molecule has 3 rings (SSSR count). The van der Waals surface area contributed by atoms with E-state index in [0.717, 1.165) is 15.4 Å². The van der Waals surface area contributed by atoms with Crippen LogP contribution in [0.3, 0.4) is 0 Å². The minimum atomic E-state index is -3.83. The lowest BCUT2D eigenvalue weighted by Gasteiger charge is -2.33. The summed E-state index contributed by atoms with van der Waals surface area (Å²) in [6, 6.07) is 11.5. The van der Waals surface area contributed by atoms with Gasteiger partial charge in [-0.1, -0.05) is 24.3 Å². The second kappa shape index (κ2) is 10.8. The van der Waals surface area contributed by atoms with E-state index in [2.05, 4.69) is 5.32 Å². The Kier molecular flexibility index (Phi) is 8.18. The number of anilines is 1. The van der Waals surface area contributed by atoms with Gasteiger partial charge < -0.3 is 19.7 Å². The highest BCUT2D eigenvalue weighted by atomic mass is 32.2. The molecule has 36 heavy (non-hydrogen) atoms. The number of nitrogens with one attached hydrogen (secondary N) is 1. The van der Waals surface area contributed by atoms with Crippen molar-refractivity contribution in [3.63, 3.8) is 0 Å². The summed E-state index contributed by atoms with van der Waals surface area (Å²) in [5, 5.41) is 2.91. The van der Waals surface area contributed by atoms with Gasteiger partial charge in [0.05, 0.1) is 11.4 Å². The first kappa shape index (κ1) is 27.3. The summed E-state index contributed by atoms with van der Waals surface area (Å²) in [6.07, 6.45) is 0. The molecule has 0 aliphatic carbocycles. The van der Waals surface area contributed by atoms with E-state index in [1.807, 2.05) is 52.0 Å². The lowest BCUT2D eigenvalue weighted by Crippen LogP contribution is -2.54. The molecule has 196 valence electrons. The molecule has 0 saturated heterocycles. The summed E-state index contributed by atoms with van der Waals surface area (Å²) in [4.78, 5) is 28.2. The number of hydrogen-bond donors (Lipinski definition) is 1. The van der Waals surface area contributed by atoms with E-state index in [9.17, 15) is 18.0 Å². The normalized spacial score (nSPS) is 13.7. The fourth-order valence-electron chi connectivity index (χ4n) is 3.79. The van der Waals surface area contributed by atoms with Gasteiger partial charge in [0.15, 0.2) is 11.5 Å². The molecule has 2 aromatic rings. The molecule has 9 nitrogen and oxygen atoms in total. The van der Waals surface area contributed by atoms with Crippen LogP contribution in [0.4, 0.5) is 5.69 Å². The summed E-state index contributed by atoms with van der Waals surface area (Å²) >= 11 is 0. The van der Waals surface area contributed by atoms with Crippen molar-refractivity contribution in [1.29, 1.82) is 0 Å². The second-order valence-electron chi connectivity index (χ2n) is 9.81. The molecule has 10 heteroatoms. The molecule has 0 saturated carbocycles. The molecule has 0 radical (unpaired) electrons. The number of aryl methyl sites for hydroxylation is 1. The number of carbonyl (C=O) groups excluding carboxylic acids is 2. The highest BCUT2D eigenvalue weighted by molar-refractivity contribution is 7.92. The Labute approximate surface area is 213 Å². The predicted octanol–water partition coefficient (Wildman–Crippen LogP) is 3.21. The number of carbonyl (C=O) groups is 2. The molecule has 0 aromatic heterocycles. The molecule has 0 fully saturated rings. The first-order chi connectivity index (χ1) is 16.8. The van der Waals surface area contributed by atoms with Gasteiger partial charge in [-0.3, -0.25) is 13.9 Å². The average Bonchev–Trinajstić information content (AvgIpc) is 3.28. The van der Waals surface area contributed by atoms with E-state index in [1.165, 1.54) is 11.8 Å². The molecule has 2 aromatic carbocycles. The summed E-state index contributed by atoms with van der Waals surface area (Å²) in [5.41, 5.74) is 1.63. The van der Waals surface area contributed by atoms with Crippen molar-refractivity contribution < 1.29 is 27.5 Å². The lowest BCUT2D eigenvalue weighted by molar-refractivity contribution is -0.140. The maximum absolute atomic E-state index is 13.7. The second-order valence-corrected chi connectivity index (χ2v) is 12.0. The Morgan fingerprint density at radius 1 is 1.08 bits per heavy atom. The molecule has 1 heterocycles.